The molecule has 0 aliphatic carbocycles. The molecule has 0 aliphatic heterocycles. The second kappa shape index (κ2) is 6.37. The molecular formula is C14H13BrClNO2. The van der Waals surface area contributed by atoms with Gasteiger partial charge in [0.15, 0.2) is 0 Å². The number of pyridine rings is 1. The summed E-state index contributed by atoms with van der Waals surface area (Å²) in [5.74, 6) is 1.10. The van der Waals surface area contributed by atoms with E-state index >= 15 is 0 Å². The summed E-state index contributed by atoms with van der Waals surface area (Å²) in [7, 11) is 0. The Morgan fingerprint density at radius 1 is 1.32 bits per heavy atom. The minimum Gasteiger partial charge on any atom is -0.438 e. The minimum atomic E-state index is -0.0341. The summed E-state index contributed by atoms with van der Waals surface area (Å²) < 4.78 is 6.48. The van der Waals surface area contributed by atoms with Crippen LogP contribution in [0.15, 0.2) is 34.8 Å². The van der Waals surface area contributed by atoms with Crippen molar-refractivity contribution in [2.45, 2.75) is 20.0 Å². The number of aromatic nitrogens is 1. The fourth-order valence-electron chi connectivity index (χ4n) is 1.62. The first-order chi connectivity index (χ1) is 9.12. The summed E-state index contributed by atoms with van der Waals surface area (Å²) in [6, 6.07) is 8.86. The molecule has 5 heteroatoms. The number of aliphatic hydroxyl groups excluding tert-OH is 1. The van der Waals surface area contributed by atoms with Gasteiger partial charge in [0.05, 0.1) is 11.1 Å². The van der Waals surface area contributed by atoms with Gasteiger partial charge in [-0.25, -0.2) is 4.98 Å². The van der Waals surface area contributed by atoms with Gasteiger partial charge in [-0.15, -0.1) is 0 Å². The summed E-state index contributed by atoms with van der Waals surface area (Å²) in [5, 5.41) is 9.86. The predicted molar refractivity (Wildman–Crippen MR) is 78.8 cm³/mol. The van der Waals surface area contributed by atoms with Gasteiger partial charge in [-0.2, -0.15) is 0 Å². The number of aliphatic hydroxyl groups is 1. The first-order valence-electron chi connectivity index (χ1n) is 5.86. The van der Waals surface area contributed by atoms with Crippen molar-refractivity contribution in [1.29, 1.82) is 0 Å². The Balaban J connectivity index is 2.31. The van der Waals surface area contributed by atoms with E-state index in [4.69, 9.17) is 16.3 Å². The van der Waals surface area contributed by atoms with Crippen molar-refractivity contribution in [3.05, 3.63) is 51.1 Å². The molecule has 0 saturated carbocycles. The van der Waals surface area contributed by atoms with Crippen LogP contribution in [-0.2, 0) is 13.0 Å². The van der Waals surface area contributed by atoms with Gasteiger partial charge in [0.25, 0.3) is 0 Å². The van der Waals surface area contributed by atoms with E-state index in [9.17, 15) is 5.11 Å². The molecule has 0 amide bonds. The highest BCUT2D eigenvalue weighted by Gasteiger charge is 2.07. The number of hydrogen-bond acceptors (Lipinski definition) is 3. The number of ether oxygens (including phenoxy) is 1. The van der Waals surface area contributed by atoms with Crippen LogP contribution in [0.4, 0.5) is 0 Å². The Kier molecular flexibility index (Phi) is 4.80. The van der Waals surface area contributed by atoms with Crippen LogP contribution in [0.5, 0.6) is 11.6 Å². The van der Waals surface area contributed by atoms with Gasteiger partial charge in [-0.3, -0.25) is 0 Å². The Morgan fingerprint density at radius 2 is 2.11 bits per heavy atom. The average Bonchev–Trinajstić information content (AvgIpc) is 2.41. The molecule has 2 aromatic rings. The summed E-state index contributed by atoms with van der Waals surface area (Å²) >= 11 is 9.27. The van der Waals surface area contributed by atoms with Gasteiger partial charge in [-0.1, -0.05) is 18.5 Å². The molecule has 1 aromatic heterocycles. The molecule has 1 N–H and O–H groups in total. The van der Waals surface area contributed by atoms with Gasteiger partial charge < -0.3 is 9.84 Å². The number of rotatable bonds is 4. The molecule has 19 heavy (non-hydrogen) atoms. The molecule has 0 unspecified atom stereocenters. The quantitative estimate of drug-likeness (QED) is 0.898. The fraction of sp³-hybridized carbons (Fsp3) is 0.214. The maximum Gasteiger partial charge on any atom is 0.219 e. The molecule has 0 spiro atoms. The van der Waals surface area contributed by atoms with Crippen LogP contribution in [0.3, 0.4) is 0 Å². The third-order valence-electron chi connectivity index (χ3n) is 2.57. The zero-order valence-electron chi connectivity index (χ0n) is 10.4. The lowest BCUT2D eigenvalue weighted by molar-refractivity contribution is 0.281. The number of hydrogen-bond donors (Lipinski definition) is 1. The molecule has 0 bridgehead atoms. The standard InChI is InChI=1S/C14H13BrClNO2/c1-2-11-5-9(8-18)6-14(17-11)19-13-4-3-10(16)7-12(13)15/h3-7,18H,2,8H2,1H3. The smallest absolute Gasteiger partial charge is 0.219 e. The summed E-state index contributed by atoms with van der Waals surface area (Å²) in [6.07, 6.45) is 0.784. The number of aryl methyl sites for hydroxylation is 1. The Labute approximate surface area is 125 Å². The Morgan fingerprint density at radius 3 is 2.74 bits per heavy atom. The summed E-state index contributed by atoms with van der Waals surface area (Å²) in [5.41, 5.74) is 1.67. The van der Waals surface area contributed by atoms with E-state index in [1.807, 2.05) is 13.0 Å². The highest BCUT2D eigenvalue weighted by atomic mass is 79.9. The third-order valence-corrected chi connectivity index (χ3v) is 3.42. The normalized spacial score (nSPS) is 10.5. The van der Waals surface area contributed by atoms with Crippen LogP contribution in [-0.4, -0.2) is 10.1 Å². The zero-order valence-corrected chi connectivity index (χ0v) is 12.7. The molecule has 3 nitrogen and oxygen atoms in total. The highest BCUT2D eigenvalue weighted by Crippen LogP contribution is 2.31. The Hall–Kier alpha value is -1.10. The number of nitrogens with zero attached hydrogens (tertiary/aromatic N) is 1. The van der Waals surface area contributed by atoms with Crippen LogP contribution in [0.2, 0.25) is 5.02 Å². The molecule has 0 radical (unpaired) electrons. The maximum atomic E-state index is 9.23. The van der Waals surface area contributed by atoms with Crippen LogP contribution in [0, 0.1) is 0 Å². The summed E-state index contributed by atoms with van der Waals surface area (Å²) in [6.45, 7) is 1.97. The molecule has 1 heterocycles. The average molecular weight is 343 g/mol. The fourth-order valence-corrected chi connectivity index (χ4v) is 2.38. The number of benzene rings is 1. The van der Waals surface area contributed by atoms with Crippen molar-refractivity contribution in [3.63, 3.8) is 0 Å². The van der Waals surface area contributed by atoms with Crippen molar-refractivity contribution in [3.8, 4) is 11.6 Å². The van der Waals surface area contributed by atoms with E-state index in [2.05, 4.69) is 20.9 Å². The van der Waals surface area contributed by atoms with Crippen molar-refractivity contribution in [2.75, 3.05) is 0 Å². The lowest BCUT2D eigenvalue weighted by atomic mass is 10.2. The van der Waals surface area contributed by atoms with E-state index in [0.29, 0.717) is 16.7 Å². The molecule has 0 fully saturated rings. The van der Waals surface area contributed by atoms with E-state index in [1.54, 1.807) is 24.3 Å². The minimum absolute atomic E-state index is 0.0341. The topological polar surface area (TPSA) is 42.4 Å². The Bertz CT molecular complexity index is 567. The van der Waals surface area contributed by atoms with E-state index in [-0.39, 0.29) is 6.61 Å². The molecule has 1 aromatic carbocycles. The number of halogens is 2. The van der Waals surface area contributed by atoms with E-state index in [1.165, 1.54) is 0 Å². The van der Waals surface area contributed by atoms with Crippen molar-refractivity contribution < 1.29 is 9.84 Å². The second-order valence-corrected chi connectivity index (χ2v) is 5.28. The van der Waals surface area contributed by atoms with Crippen LogP contribution in [0.25, 0.3) is 0 Å². The van der Waals surface area contributed by atoms with E-state index < -0.39 is 0 Å². The van der Waals surface area contributed by atoms with Crippen LogP contribution >= 0.6 is 27.5 Å². The van der Waals surface area contributed by atoms with Gasteiger partial charge >= 0.3 is 0 Å². The summed E-state index contributed by atoms with van der Waals surface area (Å²) in [4.78, 5) is 4.37. The largest absolute Gasteiger partial charge is 0.438 e. The van der Waals surface area contributed by atoms with Gasteiger partial charge in [0.1, 0.15) is 5.75 Å². The second-order valence-electron chi connectivity index (χ2n) is 3.99. The molecule has 0 aliphatic rings. The lowest BCUT2D eigenvalue weighted by Crippen LogP contribution is -1.96. The molecule has 0 atom stereocenters. The molecular weight excluding hydrogens is 330 g/mol. The first-order valence-corrected chi connectivity index (χ1v) is 7.03. The molecule has 100 valence electrons. The van der Waals surface area contributed by atoms with Gasteiger partial charge in [0, 0.05) is 16.8 Å². The van der Waals surface area contributed by atoms with Gasteiger partial charge in [-0.05, 0) is 52.2 Å². The monoisotopic (exact) mass is 341 g/mol. The maximum absolute atomic E-state index is 9.23. The van der Waals surface area contributed by atoms with Crippen LogP contribution in [0.1, 0.15) is 18.2 Å². The van der Waals surface area contributed by atoms with Crippen molar-refractivity contribution in [1.82, 2.24) is 4.98 Å². The third kappa shape index (κ3) is 3.69. The SMILES string of the molecule is CCc1cc(CO)cc(Oc2ccc(Cl)cc2Br)n1. The van der Waals surface area contributed by atoms with Crippen LogP contribution < -0.4 is 4.74 Å². The lowest BCUT2D eigenvalue weighted by Gasteiger charge is -2.09. The van der Waals surface area contributed by atoms with Crippen molar-refractivity contribution in [2.24, 2.45) is 0 Å². The first kappa shape index (κ1) is 14.3. The van der Waals surface area contributed by atoms with E-state index in [0.717, 1.165) is 22.2 Å². The highest BCUT2D eigenvalue weighted by molar-refractivity contribution is 9.10. The molecule has 0 saturated heterocycles. The van der Waals surface area contributed by atoms with Gasteiger partial charge in [0.2, 0.25) is 5.88 Å². The zero-order chi connectivity index (χ0) is 13.8. The van der Waals surface area contributed by atoms with Crippen molar-refractivity contribution >= 4 is 27.5 Å². The molecule has 2 rings (SSSR count). The predicted octanol–water partition coefficient (Wildman–Crippen LogP) is 4.34.